The highest BCUT2D eigenvalue weighted by Gasteiger charge is 2.35. The van der Waals surface area contributed by atoms with Crippen LogP contribution in [0.1, 0.15) is 46.3 Å². The van der Waals surface area contributed by atoms with Crippen LogP contribution >= 0.6 is 0 Å². The van der Waals surface area contributed by atoms with E-state index in [4.69, 9.17) is 9.52 Å². The fraction of sp³-hybridized carbons (Fsp3) is 0.292. The average molecular weight is 521 g/mol. The Kier molecular flexibility index (Phi) is 10.3. The number of carbonyl (C=O) groups excluding carboxylic acids is 3. The van der Waals surface area contributed by atoms with Gasteiger partial charge in [-0.3, -0.25) is 14.4 Å². The summed E-state index contributed by atoms with van der Waals surface area (Å²) in [6.07, 6.45) is -4.06. The second-order valence-corrected chi connectivity index (χ2v) is 7.76. The van der Waals surface area contributed by atoms with Crippen LogP contribution in [-0.4, -0.2) is 52.5 Å². The molecule has 3 aromatic rings. The number of amides is 3. The third-order valence-electron chi connectivity index (χ3n) is 4.32. The molecule has 3 amide bonds. The van der Waals surface area contributed by atoms with E-state index >= 15 is 0 Å². The van der Waals surface area contributed by atoms with Crippen molar-refractivity contribution < 1.29 is 37.1 Å². The Balaban J connectivity index is 0.00000112. The van der Waals surface area contributed by atoms with Gasteiger partial charge in [0.25, 0.3) is 11.8 Å². The number of alkyl halides is 3. The molecule has 10 nitrogen and oxygen atoms in total. The number of hydrogen-bond donors (Lipinski definition) is 4. The van der Waals surface area contributed by atoms with Crippen LogP contribution in [0.4, 0.5) is 13.2 Å². The van der Waals surface area contributed by atoms with Crippen molar-refractivity contribution in [3.8, 4) is 11.3 Å². The lowest BCUT2D eigenvalue weighted by atomic mass is 10.1. The molecule has 0 atom stereocenters. The topological polar surface area (TPSA) is 146 Å². The molecule has 4 N–H and O–H groups in total. The van der Waals surface area contributed by atoms with E-state index in [1.54, 1.807) is 44.2 Å². The average Bonchev–Trinajstić information content (AvgIpc) is 3.35. The predicted octanol–water partition coefficient (Wildman–Crippen LogP) is 2.55. The van der Waals surface area contributed by atoms with Crippen molar-refractivity contribution in [1.82, 2.24) is 25.9 Å². The number of hydrogen-bond acceptors (Lipinski definition) is 7. The standard InChI is InChI=1S/C21H18F3N5O4.C3H8O/c1-25-17(30)11-28-19(32)16-6-5-15(33-16)13-4-2-3-12(9-13)10-27-18(31)14-7-8-26-20(29-14)21(22,23)24;1-3(2)4/h2-9H,10-11H2,1H3,(H,25,30)(H,27,31)(H,28,32);3-4H,1-2H3. The zero-order valence-electron chi connectivity index (χ0n) is 20.2. The number of carbonyl (C=O) groups is 3. The summed E-state index contributed by atoms with van der Waals surface area (Å²) in [4.78, 5) is 41.9. The molecule has 0 aliphatic heterocycles. The number of aliphatic hydroxyl groups excluding tert-OH is 1. The van der Waals surface area contributed by atoms with Gasteiger partial charge in [-0.15, -0.1) is 0 Å². The number of rotatable bonds is 7. The van der Waals surface area contributed by atoms with E-state index in [0.717, 1.165) is 12.3 Å². The molecule has 0 fully saturated rings. The molecule has 2 heterocycles. The number of likely N-dealkylation sites (N-methyl/N-ethyl adjacent to an activating group) is 1. The minimum Gasteiger partial charge on any atom is -0.451 e. The van der Waals surface area contributed by atoms with Gasteiger partial charge in [0.05, 0.1) is 6.54 Å². The first-order chi connectivity index (χ1) is 17.4. The summed E-state index contributed by atoms with van der Waals surface area (Å²) in [5.41, 5.74) is 0.827. The van der Waals surface area contributed by atoms with Gasteiger partial charge in [0, 0.05) is 31.5 Å². The van der Waals surface area contributed by atoms with Gasteiger partial charge in [-0.2, -0.15) is 13.2 Å². The van der Waals surface area contributed by atoms with Gasteiger partial charge >= 0.3 is 6.18 Å². The van der Waals surface area contributed by atoms with Crippen LogP contribution in [0.25, 0.3) is 11.3 Å². The zero-order valence-corrected chi connectivity index (χ0v) is 20.2. The maximum Gasteiger partial charge on any atom is 0.451 e. The number of nitrogens with one attached hydrogen (secondary N) is 3. The molecule has 198 valence electrons. The van der Waals surface area contributed by atoms with E-state index in [-0.39, 0.29) is 30.9 Å². The van der Waals surface area contributed by atoms with Crippen molar-refractivity contribution >= 4 is 17.7 Å². The molecular weight excluding hydrogens is 495 g/mol. The Labute approximate surface area is 210 Å². The Hall–Kier alpha value is -4.26. The van der Waals surface area contributed by atoms with Crippen LogP contribution in [0.5, 0.6) is 0 Å². The lowest BCUT2D eigenvalue weighted by molar-refractivity contribution is -0.145. The molecule has 0 unspecified atom stereocenters. The first-order valence-corrected chi connectivity index (χ1v) is 10.9. The molecule has 0 aliphatic rings. The second kappa shape index (κ2) is 13.2. The van der Waals surface area contributed by atoms with E-state index in [0.29, 0.717) is 16.9 Å². The lowest BCUT2D eigenvalue weighted by Crippen LogP contribution is -2.34. The maximum atomic E-state index is 12.7. The molecule has 0 saturated heterocycles. The van der Waals surface area contributed by atoms with Gasteiger partial charge in [-0.1, -0.05) is 18.2 Å². The second-order valence-electron chi connectivity index (χ2n) is 7.76. The summed E-state index contributed by atoms with van der Waals surface area (Å²) in [6, 6.07) is 10.9. The van der Waals surface area contributed by atoms with Gasteiger partial charge in [0.2, 0.25) is 11.7 Å². The third kappa shape index (κ3) is 9.37. The Morgan fingerprint density at radius 2 is 1.76 bits per heavy atom. The molecule has 0 radical (unpaired) electrons. The molecular formula is C24H26F3N5O5. The van der Waals surface area contributed by atoms with Crippen molar-refractivity contribution in [3.63, 3.8) is 0 Å². The predicted molar refractivity (Wildman–Crippen MR) is 126 cm³/mol. The highest BCUT2D eigenvalue weighted by atomic mass is 19.4. The Bertz CT molecular complexity index is 1220. The van der Waals surface area contributed by atoms with E-state index < -0.39 is 29.5 Å². The summed E-state index contributed by atoms with van der Waals surface area (Å²) < 4.78 is 43.7. The van der Waals surface area contributed by atoms with Gasteiger partial charge in [-0.05, 0) is 43.7 Å². The van der Waals surface area contributed by atoms with Gasteiger partial charge in [-0.25, -0.2) is 9.97 Å². The smallest absolute Gasteiger partial charge is 0.451 e. The first-order valence-electron chi connectivity index (χ1n) is 10.9. The highest BCUT2D eigenvalue weighted by Crippen LogP contribution is 2.26. The number of halogens is 3. The van der Waals surface area contributed by atoms with Crippen molar-refractivity contribution in [2.24, 2.45) is 0 Å². The first kappa shape index (κ1) is 29.0. The molecule has 0 aliphatic carbocycles. The number of furan rings is 1. The molecule has 1 aromatic carbocycles. The summed E-state index contributed by atoms with van der Waals surface area (Å²) >= 11 is 0. The number of nitrogens with zero attached hydrogens (tertiary/aromatic N) is 2. The van der Waals surface area contributed by atoms with Gasteiger partial charge < -0.3 is 25.5 Å². The van der Waals surface area contributed by atoms with E-state index in [1.165, 1.54) is 13.1 Å². The van der Waals surface area contributed by atoms with Crippen LogP contribution in [0.3, 0.4) is 0 Å². The summed E-state index contributed by atoms with van der Waals surface area (Å²) in [6.45, 7) is 3.26. The lowest BCUT2D eigenvalue weighted by Gasteiger charge is -2.08. The Morgan fingerprint density at radius 3 is 2.41 bits per heavy atom. The number of aliphatic hydroxyl groups is 1. The fourth-order valence-electron chi connectivity index (χ4n) is 2.68. The van der Waals surface area contributed by atoms with Crippen LogP contribution in [0, 0.1) is 0 Å². The van der Waals surface area contributed by atoms with Gasteiger partial charge in [0.1, 0.15) is 11.5 Å². The highest BCUT2D eigenvalue weighted by molar-refractivity contribution is 5.94. The summed E-state index contributed by atoms with van der Waals surface area (Å²) in [7, 11) is 1.45. The van der Waals surface area contributed by atoms with Crippen molar-refractivity contribution in [1.29, 1.82) is 0 Å². The van der Waals surface area contributed by atoms with Crippen molar-refractivity contribution in [2.75, 3.05) is 13.6 Å². The van der Waals surface area contributed by atoms with Crippen LogP contribution < -0.4 is 16.0 Å². The maximum absolute atomic E-state index is 12.7. The molecule has 13 heteroatoms. The number of aromatic nitrogens is 2. The largest absolute Gasteiger partial charge is 0.451 e. The van der Waals surface area contributed by atoms with E-state index in [9.17, 15) is 27.6 Å². The van der Waals surface area contributed by atoms with Crippen molar-refractivity contribution in [2.45, 2.75) is 32.7 Å². The minimum absolute atomic E-state index is 0.0110. The third-order valence-corrected chi connectivity index (χ3v) is 4.32. The van der Waals surface area contributed by atoms with Gasteiger partial charge in [0.15, 0.2) is 5.76 Å². The van der Waals surface area contributed by atoms with E-state index in [2.05, 4.69) is 25.9 Å². The fourth-order valence-corrected chi connectivity index (χ4v) is 2.68. The zero-order chi connectivity index (χ0) is 27.6. The SMILES string of the molecule is CC(C)O.CNC(=O)CNC(=O)c1ccc(-c2cccc(CNC(=O)c3ccnc(C(F)(F)F)n3)c2)o1. The minimum atomic E-state index is -4.76. The molecule has 37 heavy (non-hydrogen) atoms. The quantitative estimate of drug-likeness (QED) is 0.374. The molecule has 0 bridgehead atoms. The summed E-state index contributed by atoms with van der Waals surface area (Å²) in [5, 5.41) is 15.3. The van der Waals surface area contributed by atoms with Crippen molar-refractivity contribution in [3.05, 3.63) is 71.5 Å². The van der Waals surface area contributed by atoms with Crippen LogP contribution in [-0.2, 0) is 17.5 Å². The monoisotopic (exact) mass is 521 g/mol. The van der Waals surface area contributed by atoms with Crippen LogP contribution in [0.2, 0.25) is 0 Å². The Morgan fingerprint density at radius 1 is 1.05 bits per heavy atom. The normalized spacial score (nSPS) is 10.8. The van der Waals surface area contributed by atoms with Crippen LogP contribution in [0.15, 0.2) is 53.1 Å². The number of benzene rings is 1. The summed E-state index contributed by atoms with van der Waals surface area (Å²) in [5.74, 6) is -2.72. The van der Waals surface area contributed by atoms with E-state index in [1.807, 2.05) is 0 Å². The molecule has 3 rings (SSSR count). The molecule has 0 saturated carbocycles. The molecule has 2 aromatic heterocycles. The molecule has 0 spiro atoms.